The number of hydrogen-bond acceptors (Lipinski definition) is 3. The van der Waals surface area contributed by atoms with E-state index in [9.17, 15) is 0 Å². The molecule has 0 aromatic heterocycles. The zero-order valence-corrected chi connectivity index (χ0v) is 10.9. The SMILES string of the molecule is C=Cc1ccc(CO/N=[C]\c2ccccc2C#N)cc1. The summed E-state index contributed by atoms with van der Waals surface area (Å²) in [4.78, 5) is 5.18. The topological polar surface area (TPSA) is 45.4 Å². The molecule has 0 fully saturated rings. The van der Waals surface area contributed by atoms with E-state index in [-0.39, 0.29) is 0 Å². The van der Waals surface area contributed by atoms with Crippen molar-refractivity contribution >= 4 is 12.3 Å². The molecule has 2 aromatic carbocycles. The fourth-order valence-corrected chi connectivity index (χ4v) is 1.62. The lowest BCUT2D eigenvalue weighted by molar-refractivity contribution is 0.132. The first-order valence-corrected chi connectivity index (χ1v) is 6.12. The van der Waals surface area contributed by atoms with Crippen molar-refractivity contribution in [1.82, 2.24) is 0 Å². The summed E-state index contributed by atoms with van der Waals surface area (Å²) >= 11 is 0. The zero-order valence-electron chi connectivity index (χ0n) is 10.9. The van der Waals surface area contributed by atoms with Crippen LogP contribution in [0.25, 0.3) is 6.08 Å². The van der Waals surface area contributed by atoms with Crippen LogP contribution < -0.4 is 0 Å². The smallest absolute Gasteiger partial charge is 0.142 e. The van der Waals surface area contributed by atoms with Crippen LogP contribution >= 0.6 is 0 Å². The molecule has 0 atom stereocenters. The minimum atomic E-state index is 0.360. The minimum Gasteiger partial charge on any atom is -0.390 e. The summed E-state index contributed by atoms with van der Waals surface area (Å²) in [6.07, 6.45) is 4.51. The first kappa shape index (κ1) is 13.6. The van der Waals surface area contributed by atoms with E-state index in [4.69, 9.17) is 10.1 Å². The molecule has 97 valence electrons. The van der Waals surface area contributed by atoms with Gasteiger partial charge in [-0.05, 0) is 17.2 Å². The van der Waals surface area contributed by atoms with Crippen LogP contribution in [0.15, 0.2) is 60.3 Å². The Balaban J connectivity index is 1.93. The van der Waals surface area contributed by atoms with Crippen LogP contribution in [0.5, 0.6) is 0 Å². The molecule has 0 aliphatic carbocycles. The second-order valence-corrected chi connectivity index (χ2v) is 4.08. The van der Waals surface area contributed by atoms with E-state index in [2.05, 4.69) is 24.0 Å². The van der Waals surface area contributed by atoms with Gasteiger partial charge in [0.1, 0.15) is 12.8 Å². The van der Waals surface area contributed by atoms with Crippen LogP contribution in [0.3, 0.4) is 0 Å². The molecule has 0 amide bonds. The maximum absolute atomic E-state index is 8.92. The lowest BCUT2D eigenvalue weighted by atomic mass is 10.1. The normalized spacial score (nSPS) is 10.2. The molecular formula is C17H13N2O. The van der Waals surface area contributed by atoms with Crippen LogP contribution in [-0.2, 0) is 11.4 Å². The highest BCUT2D eigenvalue weighted by Crippen LogP contribution is 2.07. The minimum absolute atomic E-state index is 0.360. The highest BCUT2D eigenvalue weighted by molar-refractivity contribution is 5.82. The van der Waals surface area contributed by atoms with Crippen molar-refractivity contribution < 1.29 is 4.84 Å². The van der Waals surface area contributed by atoms with Crippen molar-refractivity contribution in [3.8, 4) is 6.07 Å². The monoisotopic (exact) mass is 261 g/mol. The average Bonchev–Trinajstić information content (AvgIpc) is 2.52. The maximum atomic E-state index is 8.92. The summed E-state index contributed by atoms with van der Waals surface area (Å²) in [6, 6.07) is 17.0. The van der Waals surface area contributed by atoms with Gasteiger partial charge in [0.25, 0.3) is 0 Å². The van der Waals surface area contributed by atoms with Crippen molar-refractivity contribution in [3.63, 3.8) is 0 Å². The maximum Gasteiger partial charge on any atom is 0.142 e. The van der Waals surface area contributed by atoms with Crippen molar-refractivity contribution in [2.75, 3.05) is 0 Å². The molecule has 3 nitrogen and oxygen atoms in total. The lowest BCUT2D eigenvalue weighted by Gasteiger charge is -2.00. The highest BCUT2D eigenvalue weighted by atomic mass is 16.6. The molecule has 0 bridgehead atoms. The third kappa shape index (κ3) is 3.56. The molecular weight excluding hydrogens is 248 g/mol. The van der Waals surface area contributed by atoms with E-state index in [0.717, 1.165) is 11.1 Å². The van der Waals surface area contributed by atoms with Crippen molar-refractivity contribution in [2.24, 2.45) is 5.16 Å². The predicted octanol–water partition coefficient (Wildman–Crippen LogP) is 3.63. The van der Waals surface area contributed by atoms with Gasteiger partial charge in [0.2, 0.25) is 0 Å². The Labute approximate surface area is 118 Å². The first-order chi connectivity index (χ1) is 9.83. The molecule has 3 heteroatoms. The van der Waals surface area contributed by atoms with Gasteiger partial charge in [-0.3, -0.25) is 0 Å². The van der Waals surface area contributed by atoms with E-state index in [1.54, 1.807) is 24.3 Å². The van der Waals surface area contributed by atoms with Gasteiger partial charge in [0.15, 0.2) is 0 Å². The summed E-state index contributed by atoms with van der Waals surface area (Å²) in [7, 11) is 0. The Morgan fingerprint density at radius 3 is 2.45 bits per heavy atom. The molecule has 2 aromatic rings. The average molecular weight is 261 g/mol. The summed E-state index contributed by atoms with van der Waals surface area (Å²) < 4.78 is 0. The van der Waals surface area contributed by atoms with Gasteiger partial charge in [-0.1, -0.05) is 60.3 Å². The molecule has 0 saturated carbocycles. The van der Waals surface area contributed by atoms with Gasteiger partial charge in [-0.15, -0.1) is 0 Å². The Bertz CT molecular complexity index is 651. The highest BCUT2D eigenvalue weighted by Gasteiger charge is 1.98. The van der Waals surface area contributed by atoms with Crippen LogP contribution in [0.2, 0.25) is 0 Å². The summed E-state index contributed by atoms with van der Waals surface area (Å²) in [5.74, 6) is 0. The third-order valence-corrected chi connectivity index (χ3v) is 2.72. The number of nitrogens with zero attached hydrogens (tertiary/aromatic N) is 2. The van der Waals surface area contributed by atoms with Crippen molar-refractivity contribution in [1.29, 1.82) is 5.26 Å². The fraction of sp³-hybridized carbons (Fsp3) is 0.0588. The molecule has 0 heterocycles. The zero-order chi connectivity index (χ0) is 14.2. The van der Waals surface area contributed by atoms with Gasteiger partial charge < -0.3 is 4.84 Å². The van der Waals surface area contributed by atoms with Gasteiger partial charge >= 0.3 is 0 Å². The lowest BCUT2D eigenvalue weighted by Crippen LogP contribution is -1.90. The molecule has 0 spiro atoms. The molecule has 0 saturated heterocycles. The van der Waals surface area contributed by atoms with Crippen LogP contribution in [-0.4, -0.2) is 6.21 Å². The summed E-state index contributed by atoms with van der Waals surface area (Å²) in [5, 5.41) is 12.7. The predicted molar refractivity (Wildman–Crippen MR) is 79.0 cm³/mol. The van der Waals surface area contributed by atoms with Crippen molar-refractivity contribution in [3.05, 3.63) is 77.4 Å². The Morgan fingerprint density at radius 1 is 1.10 bits per heavy atom. The Hall–Kier alpha value is -2.86. The molecule has 0 aliphatic heterocycles. The second kappa shape index (κ2) is 6.91. The Kier molecular flexibility index (Phi) is 4.69. The molecule has 20 heavy (non-hydrogen) atoms. The summed E-state index contributed by atoms with van der Waals surface area (Å²) in [5.41, 5.74) is 3.22. The van der Waals surface area contributed by atoms with Gasteiger partial charge in [-0.25, -0.2) is 0 Å². The number of benzene rings is 2. The van der Waals surface area contributed by atoms with Crippen LogP contribution in [0.1, 0.15) is 22.3 Å². The fourth-order valence-electron chi connectivity index (χ4n) is 1.62. The third-order valence-electron chi connectivity index (χ3n) is 2.72. The number of rotatable bonds is 5. The van der Waals surface area contributed by atoms with E-state index in [1.807, 2.05) is 30.3 Å². The van der Waals surface area contributed by atoms with Crippen LogP contribution in [0.4, 0.5) is 0 Å². The molecule has 1 radical (unpaired) electrons. The summed E-state index contributed by atoms with van der Waals surface area (Å²) in [6.45, 7) is 4.06. The van der Waals surface area contributed by atoms with E-state index < -0.39 is 0 Å². The van der Waals surface area contributed by atoms with E-state index >= 15 is 0 Å². The molecule has 0 unspecified atom stereocenters. The van der Waals surface area contributed by atoms with Crippen LogP contribution in [0, 0.1) is 11.3 Å². The van der Waals surface area contributed by atoms with E-state index in [0.29, 0.717) is 17.7 Å². The molecule has 2 rings (SSSR count). The van der Waals surface area contributed by atoms with E-state index in [1.165, 1.54) is 0 Å². The molecule has 0 aliphatic rings. The number of hydrogen-bond donors (Lipinski definition) is 0. The largest absolute Gasteiger partial charge is 0.390 e. The standard InChI is InChI=1S/C17H13N2O/c1-2-14-7-9-15(10-8-14)13-20-19-12-17-6-4-3-5-16(17)11-18/h2-10H,1,13H2. The number of nitriles is 1. The first-order valence-electron chi connectivity index (χ1n) is 6.12. The van der Waals surface area contributed by atoms with Gasteiger partial charge in [0, 0.05) is 5.56 Å². The Morgan fingerprint density at radius 2 is 1.80 bits per heavy atom. The van der Waals surface area contributed by atoms with Gasteiger partial charge in [0.05, 0.1) is 11.6 Å². The molecule has 0 N–H and O–H groups in total. The quantitative estimate of drug-likeness (QED) is 0.609. The second-order valence-electron chi connectivity index (χ2n) is 4.08. The van der Waals surface area contributed by atoms with Crippen molar-refractivity contribution in [2.45, 2.75) is 6.61 Å². The van der Waals surface area contributed by atoms with Gasteiger partial charge in [-0.2, -0.15) is 5.26 Å².